The quantitative estimate of drug-likeness (QED) is 0.858. The van der Waals surface area contributed by atoms with Crippen molar-refractivity contribution in [3.8, 4) is 0 Å². The average molecular weight is 361 g/mol. The second kappa shape index (κ2) is 8.27. The summed E-state index contributed by atoms with van der Waals surface area (Å²) in [7, 11) is 1.62. The molecule has 132 valence electrons. The fraction of sp³-hybridized carbons (Fsp3) is 0.389. The molecule has 1 amide bonds. The van der Waals surface area contributed by atoms with E-state index in [0.29, 0.717) is 12.5 Å². The zero-order valence-electron chi connectivity index (χ0n) is 14.1. The van der Waals surface area contributed by atoms with Gasteiger partial charge in [0, 0.05) is 26.7 Å². The van der Waals surface area contributed by atoms with Crippen LogP contribution in [0.2, 0.25) is 5.02 Å². The van der Waals surface area contributed by atoms with Gasteiger partial charge in [0.15, 0.2) is 5.69 Å². The second-order valence-corrected chi connectivity index (χ2v) is 6.31. The van der Waals surface area contributed by atoms with Gasteiger partial charge in [-0.3, -0.25) is 4.79 Å². The highest BCUT2D eigenvalue weighted by molar-refractivity contribution is 6.33. The van der Waals surface area contributed by atoms with Crippen LogP contribution in [0.15, 0.2) is 36.5 Å². The number of carbonyl (C=O) groups is 1. The number of ether oxygens (including phenoxy) is 1. The van der Waals surface area contributed by atoms with E-state index in [-0.39, 0.29) is 22.7 Å². The van der Waals surface area contributed by atoms with Crippen molar-refractivity contribution in [2.24, 2.45) is 0 Å². The predicted octanol–water partition coefficient (Wildman–Crippen LogP) is 2.85. The van der Waals surface area contributed by atoms with E-state index >= 15 is 0 Å². The Morgan fingerprint density at radius 2 is 2.04 bits per heavy atom. The smallest absolute Gasteiger partial charge is 0.271 e. The number of hydrogen-bond acceptors (Lipinski definition) is 5. The maximum atomic E-state index is 12.5. The zero-order valence-corrected chi connectivity index (χ0v) is 14.9. The summed E-state index contributed by atoms with van der Waals surface area (Å²) in [5, 5.41) is 3.09. The molecule has 1 fully saturated rings. The van der Waals surface area contributed by atoms with Crippen LogP contribution in [0.5, 0.6) is 0 Å². The van der Waals surface area contributed by atoms with Crippen molar-refractivity contribution in [1.82, 2.24) is 15.3 Å². The number of amides is 1. The van der Waals surface area contributed by atoms with E-state index in [1.165, 1.54) is 6.20 Å². The van der Waals surface area contributed by atoms with Gasteiger partial charge in [0.05, 0.1) is 17.3 Å². The van der Waals surface area contributed by atoms with Crippen LogP contribution in [0.4, 0.5) is 5.95 Å². The highest BCUT2D eigenvalue weighted by atomic mass is 35.5. The van der Waals surface area contributed by atoms with E-state index in [2.05, 4.69) is 20.2 Å². The molecule has 0 spiro atoms. The highest BCUT2D eigenvalue weighted by Crippen LogP contribution is 2.20. The molecule has 2 heterocycles. The first-order valence-electron chi connectivity index (χ1n) is 8.32. The van der Waals surface area contributed by atoms with Crippen molar-refractivity contribution in [2.45, 2.75) is 18.9 Å². The van der Waals surface area contributed by atoms with E-state index < -0.39 is 0 Å². The average Bonchev–Trinajstić information content (AvgIpc) is 3.18. The van der Waals surface area contributed by atoms with Crippen LogP contribution >= 0.6 is 11.6 Å². The van der Waals surface area contributed by atoms with Gasteiger partial charge in [-0.15, -0.1) is 0 Å². The number of rotatable bonds is 6. The summed E-state index contributed by atoms with van der Waals surface area (Å²) < 4.78 is 5.47. The van der Waals surface area contributed by atoms with Crippen LogP contribution in [-0.2, 0) is 4.74 Å². The molecular weight excluding hydrogens is 340 g/mol. The maximum Gasteiger partial charge on any atom is 0.271 e. The van der Waals surface area contributed by atoms with Crippen molar-refractivity contribution < 1.29 is 9.53 Å². The zero-order chi connectivity index (χ0) is 17.6. The summed E-state index contributed by atoms with van der Waals surface area (Å²) >= 11 is 6.13. The molecule has 1 aromatic heterocycles. The van der Waals surface area contributed by atoms with Gasteiger partial charge in [-0.2, -0.15) is 0 Å². The van der Waals surface area contributed by atoms with E-state index in [4.69, 9.17) is 16.3 Å². The molecule has 0 saturated carbocycles. The predicted molar refractivity (Wildman–Crippen MR) is 97.0 cm³/mol. The first kappa shape index (κ1) is 17.6. The molecule has 25 heavy (non-hydrogen) atoms. The molecule has 0 unspecified atom stereocenters. The Kier molecular flexibility index (Phi) is 5.83. The number of aromatic nitrogens is 2. The second-order valence-electron chi connectivity index (χ2n) is 5.91. The van der Waals surface area contributed by atoms with Crippen molar-refractivity contribution >= 4 is 23.5 Å². The Bertz CT molecular complexity index is 720. The summed E-state index contributed by atoms with van der Waals surface area (Å²) in [4.78, 5) is 23.2. The minimum absolute atomic E-state index is 0.196. The van der Waals surface area contributed by atoms with Gasteiger partial charge in [-0.1, -0.05) is 41.9 Å². The molecule has 1 atom stereocenters. The van der Waals surface area contributed by atoms with Crippen LogP contribution in [-0.4, -0.2) is 42.6 Å². The number of nitrogens with zero attached hydrogens (tertiary/aromatic N) is 3. The van der Waals surface area contributed by atoms with Gasteiger partial charge in [-0.25, -0.2) is 9.97 Å². The normalized spacial score (nSPS) is 15.2. The number of methoxy groups -OCH3 is 1. The van der Waals surface area contributed by atoms with Gasteiger partial charge in [0.1, 0.15) is 0 Å². The highest BCUT2D eigenvalue weighted by Gasteiger charge is 2.20. The lowest BCUT2D eigenvalue weighted by Crippen LogP contribution is -2.31. The SMILES string of the molecule is CO[C@H](CNC(=O)c1nc(N2CCCC2)ncc1Cl)c1ccccc1. The van der Waals surface area contributed by atoms with Crippen molar-refractivity contribution in [3.05, 3.63) is 52.8 Å². The summed E-state index contributed by atoms with van der Waals surface area (Å²) in [5.74, 6) is 0.226. The molecule has 3 rings (SSSR count). The Balaban J connectivity index is 1.69. The van der Waals surface area contributed by atoms with E-state index in [0.717, 1.165) is 31.5 Å². The number of benzene rings is 1. The van der Waals surface area contributed by atoms with Crippen LogP contribution < -0.4 is 10.2 Å². The maximum absolute atomic E-state index is 12.5. The third kappa shape index (κ3) is 4.27. The van der Waals surface area contributed by atoms with Crippen molar-refractivity contribution in [1.29, 1.82) is 0 Å². The first-order chi connectivity index (χ1) is 12.2. The monoisotopic (exact) mass is 360 g/mol. The molecule has 1 saturated heterocycles. The number of hydrogen-bond donors (Lipinski definition) is 1. The topological polar surface area (TPSA) is 67.3 Å². The van der Waals surface area contributed by atoms with Gasteiger partial charge >= 0.3 is 0 Å². The van der Waals surface area contributed by atoms with Crippen molar-refractivity contribution in [2.75, 3.05) is 31.6 Å². The fourth-order valence-electron chi connectivity index (χ4n) is 2.86. The molecule has 1 aliphatic heterocycles. The Morgan fingerprint density at radius 1 is 1.32 bits per heavy atom. The minimum atomic E-state index is -0.328. The summed E-state index contributed by atoms with van der Waals surface area (Å²) in [5.41, 5.74) is 1.19. The first-order valence-corrected chi connectivity index (χ1v) is 8.70. The molecule has 0 radical (unpaired) electrons. The number of halogens is 1. The molecule has 6 nitrogen and oxygen atoms in total. The largest absolute Gasteiger partial charge is 0.375 e. The van der Waals surface area contributed by atoms with Gasteiger partial charge in [0.2, 0.25) is 5.95 Å². The van der Waals surface area contributed by atoms with E-state index in [1.54, 1.807) is 7.11 Å². The molecule has 2 aromatic rings. The van der Waals surface area contributed by atoms with Crippen LogP contribution in [0.1, 0.15) is 35.0 Å². The Morgan fingerprint density at radius 3 is 2.72 bits per heavy atom. The number of anilines is 1. The third-order valence-corrected chi connectivity index (χ3v) is 4.52. The molecule has 0 aliphatic carbocycles. The molecular formula is C18H21ClN4O2. The lowest BCUT2D eigenvalue weighted by atomic mass is 10.1. The van der Waals surface area contributed by atoms with E-state index in [1.807, 2.05) is 30.3 Å². The number of carbonyl (C=O) groups excluding carboxylic acids is 1. The lowest BCUT2D eigenvalue weighted by Gasteiger charge is -2.18. The third-order valence-electron chi connectivity index (χ3n) is 4.24. The van der Waals surface area contributed by atoms with Crippen molar-refractivity contribution in [3.63, 3.8) is 0 Å². The Hall–Kier alpha value is -2.18. The number of nitrogens with one attached hydrogen (secondary N) is 1. The molecule has 1 aliphatic rings. The molecule has 7 heteroatoms. The molecule has 1 N–H and O–H groups in total. The van der Waals surface area contributed by atoms with Gasteiger partial charge in [0.25, 0.3) is 5.91 Å². The molecule has 0 bridgehead atoms. The Labute approximate surface area is 152 Å². The van der Waals surface area contributed by atoms with Crippen LogP contribution in [0.25, 0.3) is 0 Å². The van der Waals surface area contributed by atoms with Crippen LogP contribution in [0.3, 0.4) is 0 Å². The van der Waals surface area contributed by atoms with Crippen LogP contribution in [0, 0.1) is 0 Å². The fourth-order valence-corrected chi connectivity index (χ4v) is 3.04. The summed E-state index contributed by atoms with van der Waals surface area (Å²) in [6, 6.07) is 9.74. The van der Waals surface area contributed by atoms with Gasteiger partial charge < -0.3 is 15.0 Å². The van der Waals surface area contributed by atoms with Gasteiger partial charge in [-0.05, 0) is 18.4 Å². The lowest BCUT2D eigenvalue weighted by molar-refractivity contribution is 0.0824. The standard InChI is InChI=1S/C18H21ClN4O2/c1-25-15(13-7-3-2-4-8-13)12-20-17(24)16-14(19)11-21-18(22-16)23-9-5-6-10-23/h2-4,7-8,11,15H,5-6,9-10,12H2,1H3,(H,20,24)/t15-/m1/s1. The molecule has 1 aromatic carbocycles. The summed E-state index contributed by atoms with van der Waals surface area (Å²) in [6.07, 6.45) is 3.48. The summed E-state index contributed by atoms with van der Waals surface area (Å²) in [6.45, 7) is 2.14. The van der Waals surface area contributed by atoms with E-state index in [9.17, 15) is 4.79 Å². The minimum Gasteiger partial charge on any atom is -0.375 e.